The van der Waals surface area contributed by atoms with Gasteiger partial charge in [0.25, 0.3) is 0 Å². The van der Waals surface area contributed by atoms with Crippen LogP contribution in [0.25, 0.3) is 0 Å². The molecule has 0 aliphatic carbocycles. The summed E-state index contributed by atoms with van der Waals surface area (Å²) in [6, 6.07) is 0. The molecule has 1 rings (SSSR count). The van der Waals surface area contributed by atoms with Crippen molar-refractivity contribution in [1.29, 1.82) is 0 Å². The van der Waals surface area contributed by atoms with Crippen LogP contribution < -0.4 is 0 Å². The van der Waals surface area contributed by atoms with E-state index >= 15 is 0 Å². The van der Waals surface area contributed by atoms with E-state index < -0.39 is 11.9 Å². The van der Waals surface area contributed by atoms with Crippen LogP contribution in [0.1, 0.15) is 46.0 Å². The molecule has 0 aromatic carbocycles. The molecule has 0 N–H and O–H groups in total. The summed E-state index contributed by atoms with van der Waals surface area (Å²) in [7, 11) is 0. The Labute approximate surface area is 103 Å². The predicted molar refractivity (Wildman–Crippen MR) is 65.5 cm³/mol. The number of carbonyl (C=O) groups excluding carboxylic acids is 2. The fraction of sp³-hybridized carbons (Fsp3) is 0.846. The fourth-order valence-electron chi connectivity index (χ4n) is 2.39. The third-order valence-corrected chi connectivity index (χ3v) is 3.28. The highest BCUT2D eigenvalue weighted by Gasteiger charge is 2.25. The van der Waals surface area contributed by atoms with Gasteiger partial charge in [-0.1, -0.05) is 19.8 Å². The molecule has 98 valence electrons. The van der Waals surface area contributed by atoms with Crippen molar-refractivity contribution in [3.8, 4) is 0 Å². The number of nitrogens with zero attached hydrogens (tertiary/aromatic N) is 1. The Balaban J connectivity index is 2.45. The molecule has 1 aliphatic rings. The summed E-state index contributed by atoms with van der Waals surface area (Å²) in [5.41, 5.74) is 0. The van der Waals surface area contributed by atoms with E-state index in [1.54, 1.807) is 11.8 Å². The topological polar surface area (TPSA) is 46.6 Å². The molecule has 0 aromatic heterocycles. The van der Waals surface area contributed by atoms with Crippen molar-refractivity contribution >= 4 is 11.9 Å². The van der Waals surface area contributed by atoms with Crippen molar-refractivity contribution in [3.63, 3.8) is 0 Å². The van der Waals surface area contributed by atoms with Gasteiger partial charge >= 0.3 is 11.9 Å². The Kier molecular flexibility index (Phi) is 6.01. The molecule has 0 aromatic rings. The van der Waals surface area contributed by atoms with E-state index in [4.69, 9.17) is 4.74 Å². The number of amides is 1. The van der Waals surface area contributed by atoms with Gasteiger partial charge < -0.3 is 9.64 Å². The van der Waals surface area contributed by atoms with Crippen LogP contribution in [0.2, 0.25) is 0 Å². The minimum atomic E-state index is -0.707. The second-order valence-corrected chi connectivity index (χ2v) is 4.60. The van der Waals surface area contributed by atoms with Gasteiger partial charge in [-0.25, -0.2) is 4.79 Å². The van der Waals surface area contributed by atoms with E-state index in [2.05, 4.69) is 6.92 Å². The minimum absolute atomic E-state index is 0.261. The quantitative estimate of drug-likeness (QED) is 0.560. The van der Waals surface area contributed by atoms with Crippen molar-refractivity contribution in [3.05, 3.63) is 0 Å². The highest BCUT2D eigenvalue weighted by atomic mass is 16.5. The molecule has 0 radical (unpaired) electrons. The Morgan fingerprint density at radius 3 is 2.65 bits per heavy atom. The van der Waals surface area contributed by atoms with Crippen molar-refractivity contribution < 1.29 is 14.3 Å². The van der Waals surface area contributed by atoms with Gasteiger partial charge in [0.15, 0.2) is 0 Å². The molecule has 1 saturated heterocycles. The number of hydrogen-bond donors (Lipinski definition) is 0. The van der Waals surface area contributed by atoms with Gasteiger partial charge in [0, 0.05) is 13.1 Å². The Hall–Kier alpha value is -1.06. The standard InChI is InChI=1S/C13H23NO3/c1-3-6-11-7-5-9-14(10-8-11)12(15)13(16)17-4-2/h11H,3-10H2,1-2H3. The number of ether oxygens (including phenoxy) is 1. The molecular weight excluding hydrogens is 218 g/mol. The highest BCUT2D eigenvalue weighted by Crippen LogP contribution is 2.21. The number of likely N-dealkylation sites (tertiary alicyclic amines) is 1. The Morgan fingerprint density at radius 2 is 2.00 bits per heavy atom. The maximum atomic E-state index is 11.8. The van der Waals surface area contributed by atoms with Gasteiger partial charge in [-0.05, 0) is 32.1 Å². The third-order valence-electron chi connectivity index (χ3n) is 3.28. The van der Waals surface area contributed by atoms with E-state index in [-0.39, 0.29) is 6.61 Å². The second kappa shape index (κ2) is 7.30. The largest absolute Gasteiger partial charge is 0.459 e. The summed E-state index contributed by atoms with van der Waals surface area (Å²) in [5.74, 6) is -0.467. The zero-order chi connectivity index (χ0) is 12.7. The highest BCUT2D eigenvalue weighted by molar-refractivity contribution is 6.32. The van der Waals surface area contributed by atoms with Gasteiger partial charge in [0.05, 0.1) is 6.61 Å². The smallest absolute Gasteiger partial charge is 0.397 e. The van der Waals surface area contributed by atoms with Crippen LogP contribution in [0.3, 0.4) is 0 Å². The van der Waals surface area contributed by atoms with E-state index in [9.17, 15) is 9.59 Å². The van der Waals surface area contributed by atoms with Gasteiger partial charge in [-0.2, -0.15) is 0 Å². The lowest BCUT2D eigenvalue weighted by Gasteiger charge is -2.19. The van der Waals surface area contributed by atoms with Crippen LogP contribution in [-0.4, -0.2) is 36.5 Å². The predicted octanol–water partition coefficient (Wildman–Crippen LogP) is 1.98. The molecule has 1 aliphatic heterocycles. The zero-order valence-corrected chi connectivity index (χ0v) is 10.9. The Morgan fingerprint density at radius 1 is 1.24 bits per heavy atom. The summed E-state index contributed by atoms with van der Waals surface area (Å²) in [5, 5.41) is 0. The summed E-state index contributed by atoms with van der Waals surface area (Å²) in [4.78, 5) is 24.8. The summed E-state index contributed by atoms with van der Waals surface area (Å²) in [6.45, 7) is 5.55. The van der Waals surface area contributed by atoms with Crippen molar-refractivity contribution in [2.45, 2.75) is 46.0 Å². The first-order valence-electron chi connectivity index (χ1n) is 6.65. The molecule has 0 saturated carbocycles. The molecule has 4 nitrogen and oxygen atoms in total. The SMILES string of the molecule is CCCC1CCCN(C(=O)C(=O)OCC)CC1. The molecule has 1 amide bonds. The van der Waals surface area contributed by atoms with Crippen LogP contribution in [0.4, 0.5) is 0 Å². The lowest BCUT2D eigenvalue weighted by atomic mass is 9.96. The number of rotatable bonds is 3. The second-order valence-electron chi connectivity index (χ2n) is 4.60. The Bertz CT molecular complexity index is 265. The van der Waals surface area contributed by atoms with Crippen LogP contribution in [0.15, 0.2) is 0 Å². The first-order chi connectivity index (χ1) is 8.19. The zero-order valence-electron chi connectivity index (χ0n) is 10.9. The summed E-state index contributed by atoms with van der Waals surface area (Å²) in [6.07, 6.45) is 5.59. The maximum absolute atomic E-state index is 11.8. The van der Waals surface area contributed by atoms with E-state index in [0.29, 0.717) is 19.0 Å². The van der Waals surface area contributed by atoms with Crippen LogP contribution in [0.5, 0.6) is 0 Å². The van der Waals surface area contributed by atoms with Gasteiger partial charge in [0.1, 0.15) is 0 Å². The average molecular weight is 241 g/mol. The minimum Gasteiger partial charge on any atom is -0.459 e. The maximum Gasteiger partial charge on any atom is 0.397 e. The molecule has 1 heterocycles. The van der Waals surface area contributed by atoms with Crippen molar-refractivity contribution in [2.75, 3.05) is 19.7 Å². The first kappa shape index (κ1) is 14.0. The van der Waals surface area contributed by atoms with E-state index in [1.165, 1.54) is 19.3 Å². The fourth-order valence-corrected chi connectivity index (χ4v) is 2.39. The average Bonchev–Trinajstić information content (AvgIpc) is 2.54. The van der Waals surface area contributed by atoms with E-state index in [1.807, 2.05) is 0 Å². The number of esters is 1. The van der Waals surface area contributed by atoms with Gasteiger partial charge in [0.2, 0.25) is 0 Å². The molecule has 4 heteroatoms. The lowest BCUT2D eigenvalue weighted by Crippen LogP contribution is -2.38. The molecule has 0 bridgehead atoms. The molecular formula is C13H23NO3. The third kappa shape index (κ3) is 4.36. The summed E-state index contributed by atoms with van der Waals surface area (Å²) < 4.78 is 4.74. The number of hydrogen-bond acceptors (Lipinski definition) is 3. The van der Waals surface area contributed by atoms with Crippen LogP contribution >= 0.6 is 0 Å². The van der Waals surface area contributed by atoms with Crippen LogP contribution in [0, 0.1) is 5.92 Å². The van der Waals surface area contributed by atoms with Crippen LogP contribution in [-0.2, 0) is 14.3 Å². The molecule has 17 heavy (non-hydrogen) atoms. The van der Waals surface area contributed by atoms with Crippen molar-refractivity contribution in [2.24, 2.45) is 5.92 Å². The van der Waals surface area contributed by atoms with Gasteiger partial charge in [-0.15, -0.1) is 0 Å². The molecule has 1 atom stereocenters. The van der Waals surface area contributed by atoms with Crippen molar-refractivity contribution in [1.82, 2.24) is 4.90 Å². The summed E-state index contributed by atoms with van der Waals surface area (Å²) >= 11 is 0. The number of carbonyl (C=O) groups is 2. The monoisotopic (exact) mass is 241 g/mol. The van der Waals surface area contributed by atoms with E-state index in [0.717, 1.165) is 12.8 Å². The van der Waals surface area contributed by atoms with Gasteiger partial charge in [-0.3, -0.25) is 4.79 Å². The molecule has 0 spiro atoms. The molecule has 1 unspecified atom stereocenters. The normalized spacial score (nSPS) is 20.8. The first-order valence-corrected chi connectivity index (χ1v) is 6.65. The molecule has 1 fully saturated rings. The lowest BCUT2D eigenvalue weighted by molar-refractivity contribution is -0.159.